The van der Waals surface area contributed by atoms with Gasteiger partial charge in [-0.05, 0) is 25.7 Å². The molecule has 2 bridgehead atoms. The van der Waals surface area contributed by atoms with E-state index in [0.29, 0.717) is 12.8 Å². The van der Waals surface area contributed by atoms with Gasteiger partial charge in [0.25, 0.3) is 0 Å². The Balaban J connectivity index is 2.11. The molecule has 0 aliphatic carbocycles. The zero-order valence-corrected chi connectivity index (χ0v) is 7.96. The molecule has 15 heavy (non-hydrogen) atoms. The zero-order valence-electron chi connectivity index (χ0n) is 7.96. The quantitative estimate of drug-likeness (QED) is 0.616. The van der Waals surface area contributed by atoms with Crippen LogP contribution in [-0.2, 0) is 0 Å². The van der Waals surface area contributed by atoms with E-state index in [9.17, 15) is 23.1 Å². The molecule has 2 fully saturated rings. The van der Waals surface area contributed by atoms with Gasteiger partial charge < -0.3 is 14.8 Å². The summed E-state index contributed by atoms with van der Waals surface area (Å²) in [6.07, 6.45) is -4.67. The maximum Gasteiger partial charge on any atom is 0.391 e. The lowest BCUT2D eigenvalue weighted by atomic mass is 9.90. The van der Waals surface area contributed by atoms with Crippen LogP contribution < -0.4 is 5.11 Å². The molecule has 2 saturated heterocycles. The number of rotatable bonds is 0. The second-order valence-electron chi connectivity index (χ2n) is 4.27. The number of carboxylic acid groups (broad SMARTS) is 1. The van der Waals surface area contributed by atoms with Crippen LogP contribution in [0.3, 0.4) is 0 Å². The van der Waals surface area contributed by atoms with E-state index in [1.54, 1.807) is 0 Å². The van der Waals surface area contributed by atoms with E-state index in [-0.39, 0.29) is 12.8 Å². The second kappa shape index (κ2) is 3.28. The van der Waals surface area contributed by atoms with Gasteiger partial charge in [0.2, 0.25) is 0 Å². The number of amides is 1. The number of nitrogens with zero attached hydrogens (tertiary/aromatic N) is 1. The monoisotopic (exact) mass is 222 g/mol. The van der Waals surface area contributed by atoms with E-state index in [2.05, 4.69) is 0 Å². The van der Waals surface area contributed by atoms with Crippen LogP contribution in [0.1, 0.15) is 25.7 Å². The maximum absolute atomic E-state index is 12.5. The van der Waals surface area contributed by atoms with Crippen LogP contribution in [0.15, 0.2) is 0 Å². The normalized spacial score (nSPS) is 35.7. The van der Waals surface area contributed by atoms with Crippen molar-refractivity contribution >= 4 is 6.09 Å². The lowest BCUT2D eigenvalue weighted by molar-refractivity contribution is -0.273. The molecule has 2 rings (SSSR count). The van der Waals surface area contributed by atoms with Gasteiger partial charge in [-0.1, -0.05) is 0 Å². The van der Waals surface area contributed by atoms with Gasteiger partial charge in [0.15, 0.2) is 0 Å². The molecule has 0 N–H and O–H groups in total. The smallest absolute Gasteiger partial charge is 0.391 e. The molecule has 0 aromatic heterocycles. The van der Waals surface area contributed by atoms with Crippen LogP contribution in [0.4, 0.5) is 18.0 Å². The van der Waals surface area contributed by atoms with Gasteiger partial charge in [-0.2, -0.15) is 13.2 Å². The predicted molar refractivity (Wildman–Crippen MR) is 42.8 cm³/mol. The molecule has 0 saturated carbocycles. The average Bonchev–Trinajstić information content (AvgIpc) is 2.35. The lowest BCUT2D eigenvalue weighted by Gasteiger charge is -2.41. The fourth-order valence-corrected chi connectivity index (χ4v) is 2.74. The Morgan fingerprint density at radius 2 is 1.67 bits per heavy atom. The predicted octanol–water partition coefficient (Wildman–Crippen LogP) is 1.14. The van der Waals surface area contributed by atoms with Gasteiger partial charge in [0.05, 0.1) is 5.92 Å². The Labute approximate surface area is 84.9 Å². The van der Waals surface area contributed by atoms with E-state index in [0.717, 1.165) is 4.90 Å². The van der Waals surface area contributed by atoms with Crippen molar-refractivity contribution in [1.29, 1.82) is 0 Å². The van der Waals surface area contributed by atoms with Gasteiger partial charge in [-0.3, -0.25) is 0 Å². The highest BCUT2D eigenvalue weighted by Gasteiger charge is 2.50. The SMILES string of the molecule is O=C([O-])N1C2CCC1CC(C(F)(F)F)C2. The van der Waals surface area contributed by atoms with Gasteiger partial charge in [0, 0.05) is 12.1 Å². The Morgan fingerprint density at radius 3 is 2.00 bits per heavy atom. The van der Waals surface area contributed by atoms with Crippen LogP contribution in [0.5, 0.6) is 0 Å². The number of hydrogen-bond acceptors (Lipinski definition) is 2. The maximum atomic E-state index is 12.5. The number of fused-ring (bicyclic) bond motifs is 2. The second-order valence-corrected chi connectivity index (χ2v) is 4.27. The summed E-state index contributed by atoms with van der Waals surface area (Å²) in [5, 5.41) is 10.7. The summed E-state index contributed by atoms with van der Waals surface area (Å²) in [6.45, 7) is 0. The van der Waals surface area contributed by atoms with Crippen LogP contribution >= 0.6 is 0 Å². The molecule has 2 atom stereocenters. The minimum absolute atomic E-state index is 0.103. The summed E-state index contributed by atoms with van der Waals surface area (Å²) >= 11 is 0. The first-order valence-corrected chi connectivity index (χ1v) is 4.95. The number of piperidine rings is 1. The highest BCUT2D eigenvalue weighted by molar-refractivity contribution is 5.64. The number of alkyl halides is 3. The van der Waals surface area contributed by atoms with Gasteiger partial charge in [0.1, 0.15) is 6.09 Å². The minimum atomic E-state index is -4.20. The van der Waals surface area contributed by atoms with Crippen molar-refractivity contribution < 1.29 is 23.1 Å². The Hall–Kier alpha value is -0.940. The molecule has 2 aliphatic rings. The fourth-order valence-electron chi connectivity index (χ4n) is 2.74. The van der Waals surface area contributed by atoms with Gasteiger partial charge in [-0.25, -0.2) is 0 Å². The molecule has 2 heterocycles. The number of carbonyl (C=O) groups is 1. The third-order valence-electron chi connectivity index (χ3n) is 3.41. The van der Waals surface area contributed by atoms with Crippen molar-refractivity contribution in [2.75, 3.05) is 0 Å². The first kappa shape index (κ1) is 10.6. The number of halogens is 3. The summed E-state index contributed by atoms with van der Waals surface area (Å²) in [5.41, 5.74) is 0. The highest BCUT2D eigenvalue weighted by atomic mass is 19.4. The van der Waals surface area contributed by atoms with E-state index >= 15 is 0 Å². The van der Waals surface area contributed by atoms with Crippen molar-refractivity contribution in [2.24, 2.45) is 5.92 Å². The minimum Gasteiger partial charge on any atom is -0.530 e. The molecule has 86 valence electrons. The summed E-state index contributed by atoms with van der Waals surface area (Å²) in [7, 11) is 0. The van der Waals surface area contributed by atoms with Crippen molar-refractivity contribution in [1.82, 2.24) is 4.90 Å². The third kappa shape index (κ3) is 1.77. The van der Waals surface area contributed by atoms with Crippen LogP contribution in [0.25, 0.3) is 0 Å². The molecule has 0 aromatic rings. The molecule has 1 amide bonds. The third-order valence-corrected chi connectivity index (χ3v) is 3.41. The first-order chi connectivity index (χ1) is 6.89. The summed E-state index contributed by atoms with van der Waals surface area (Å²) in [4.78, 5) is 11.8. The molecular formula is C9H11F3NO2-. The van der Waals surface area contributed by atoms with Crippen LogP contribution in [0, 0.1) is 5.92 Å². The molecule has 0 aromatic carbocycles. The van der Waals surface area contributed by atoms with Crippen LogP contribution in [0.2, 0.25) is 0 Å². The Kier molecular flexibility index (Phi) is 2.31. The van der Waals surface area contributed by atoms with E-state index in [1.165, 1.54) is 0 Å². The average molecular weight is 222 g/mol. The lowest BCUT2D eigenvalue weighted by Crippen LogP contribution is -2.53. The topological polar surface area (TPSA) is 43.4 Å². The van der Waals surface area contributed by atoms with Crippen molar-refractivity contribution in [2.45, 2.75) is 43.9 Å². The Morgan fingerprint density at radius 1 is 1.20 bits per heavy atom. The van der Waals surface area contributed by atoms with Gasteiger partial charge in [-0.15, -0.1) is 0 Å². The summed E-state index contributed by atoms with van der Waals surface area (Å²) in [6, 6.07) is -0.972. The van der Waals surface area contributed by atoms with E-state index in [4.69, 9.17) is 0 Å². The molecule has 6 heteroatoms. The molecular weight excluding hydrogens is 211 g/mol. The standard InChI is InChI=1S/C9H12F3NO2/c10-9(11,12)5-3-6-1-2-7(4-5)13(6)8(14)15/h5-7H,1-4H2,(H,14,15)/p-1. The summed E-state index contributed by atoms with van der Waals surface area (Å²) in [5.74, 6) is -1.34. The fraction of sp³-hybridized carbons (Fsp3) is 0.889. The Bertz CT molecular complexity index is 265. The van der Waals surface area contributed by atoms with E-state index < -0.39 is 30.3 Å². The molecule has 3 nitrogen and oxygen atoms in total. The van der Waals surface area contributed by atoms with Crippen molar-refractivity contribution in [3.63, 3.8) is 0 Å². The molecule has 0 radical (unpaired) electrons. The zero-order chi connectivity index (χ0) is 11.2. The molecule has 2 unspecified atom stereocenters. The number of carbonyl (C=O) groups excluding carboxylic acids is 1. The van der Waals surface area contributed by atoms with Crippen LogP contribution in [-0.4, -0.2) is 29.3 Å². The van der Waals surface area contributed by atoms with Crippen molar-refractivity contribution in [3.8, 4) is 0 Å². The summed E-state index contributed by atoms with van der Waals surface area (Å²) < 4.78 is 37.4. The molecule has 2 aliphatic heterocycles. The van der Waals surface area contributed by atoms with Crippen molar-refractivity contribution in [3.05, 3.63) is 0 Å². The van der Waals surface area contributed by atoms with E-state index in [1.807, 2.05) is 0 Å². The molecule has 0 spiro atoms. The highest BCUT2D eigenvalue weighted by Crippen LogP contribution is 2.44. The first-order valence-electron chi connectivity index (χ1n) is 4.95. The largest absolute Gasteiger partial charge is 0.530 e. The number of hydrogen-bond donors (Lipinski definition) is 0. The van der Waals surface area contributed by atoms with Gasteiger partial charge >= 0.3 is 6.18 Å².